The second-order valence-electron chi connectivity index (χ2n) is 16.6. The first kappa shape index (κ1) is 54.9. The molecule has 0 radical (unpaired) electrons. The van der Waals surface area contributed by atoms with Gasteiger partial charge in [0.2, 0.25) is 0 Å². The van der Waals surface area contributed by atoms with Gasteiger partial charge in [-0.2, -0.15) is 0 Å². The lowest BCUT2D eigenvalue weighted by atomic mass is 9.85. The van der Waals surface area contributed by atoms with Crippen LogP contribution in [0.2, 0.25) is 0 Å². The molecule has 0 aliphatic heterocycles. The number of hydrogen-bond donors (Lipinski definition) is 6. The highest BCUT2D eigenvalue weighted by Crippen LogP contribution is 2.47. The van der Waals surface area contributed by atoms with Crippen LogP contribution in [0.5, 0.6) is 0 Å². The summed E-state index contributed by atoms with van der Waals surface area (Å²) in [7, 11) is -5.11. The number of hydrogen-bond acceptors (Lipinski definition) is 12. The molecule has 58 heavy (non-hydrogen) atoms. The van der Waals surface area contributed by atoms with Gasteiger partial charge in [-0.25, -0.2) is 4.57 Å². The normalized spacial score (nSPS) is 22.4. The number of esters is 2. The number of phosphoric acid groups is 1. The molecule has 1 rings (SSSR count). The third-order valence-electron chi connectivity index (χ3n) is 11.2. The van der Waals surface area contributed by atoms with Gasteiger partial charge in [0.05, 0.1) is 6.61 Å². The standard InChI is InChI=1S/C44H85O13P/c1-3-5-7-9-11-13-15-17-19-21-23-25-27-29-31-33-38(46)56-36(35-55-58(52,53)57-44-42(50)40(48)39(47)41(49)43(44)51)34-54-37(45)32-30-28-26-24-22-20-18-16-14-12-10-8-6-4-2/h36,39-44,47-51H,3-35H2,1-2H3,(H,52,53)/t36-,39?,40-,41?,42?,43?,44?/m1/s1. The fourth-order valence-electron chi connectivity index (χ4n) is 7.41. The number of rotatable bonds is 39. The SMILES string of the molecule is CCCCCCCCCCCCCCCCCC(=O)O[C@H](COC(=O)CCCCCCCCCCCCCCCC)COP(=O)(O)OC1C(O)C(O)C(O)[C@@H](O)C1O. The van der Waals surface area contributed by atoms with Crippen molar-refractivity contribution in [1.29, 1.82) is 0 Å². The van der Waals surface area contributed by atoms with Crippen molar-refractivity contribution in [2.45, 2.75) is 256 Å². The second-order valence-corrected chi connectivity index (χ2v) is 18.0. The van der Waals surface area contributed by atoms with Gasteiger partial charge in [-0.1, -0.05) is 187 Å². The molecule has 14 heteroatoms. The monoisotopic (exact) mass is 853 g/mol. The van der Waals surface area contributed by atoms with Crippen LogP contribution in [0.15, 0.2) is 0 Å². The maximum Gasteiger partial charge on any atom is 0.472 e. The van der Waals surface area contributed by atoms with Crippen LogP contribution in [-0.2, 0) is 32.7 Å². The van der Waals surface area contributed by atoms with E-state index in [2.05, 4.69) is 13.8 Å². The van der Waals surface area contributed by atoms with Crippen molar-refractivity contribution in [3.63, 3.8) is 0 Å². The summed E-state index contributed by atoms with van der Waals surface area (Å²) in [6, 6.07) is 0. The minimum atomic E-state index is -5.11. The van der Waals surface area contributed by atoms with Crippen molar-refractivity contribution in [1.82, 2.24) is 0 Å². The first-order valence-electron chi connectivity index (χ1n) is 23.3. The Bertz CT molecular complexity index is 1030. The molecule has 13 nitrogen and oxygen atoms in total. The third-order valence-corrected chi connectivity index (χ3v) is 12.2. The van der Waals surface area contributed by atoms with Gasteiger partial charge in [0.1, 0.15) is 43.2 Å². The molecule has 0 aromatic rings. The van der Waals surface area contributed by atoms with Crippen molar-refractivity contribution in [3.8, 4) is 0 Å². The van der Waals surface area contributed by atoms with E-state index < -0.39 is 75.7 Å². The highest BCUT2D eigenvalue weighted by atomic mass is 31.2. The van der Waals surface area contributed by atoms with Crippen LogP contribution < -0.4 is 0 Å². The Hall–Kier alpha value is -1.15. The van der Waals surface area contributed by atoms with Crippen LogP contribution >= 0.6 is 7.82 Å². The number of phosphoric ester groups is 1. The van der Waals surface area contributed by atoms with Crippen molar-refractivity contribution < 1.29 is 63.1 Å². The average molecular weight is 853 g/mol. The molecule has 0 aromatic carbocycles. The quantitative estimate of drug-likeness (QED) is 0.0194. The molecular formula is C44H85O13P. The number of aliphatic hydroxyl groups excluding tert-OH is 5. The van der Waals surface area contributed by atoms with Gasteiger partial charge in [-0.05, 0) is 12.8 Å². The zero-order valence-electron chi connectivity index (χ0n) is 36.4. The molecule has 1 fully saturated rings. The van der Waals surface area contributed by atoms with Crippen LogP contribution in [0.3, 0.4) is 0 Å². The lowest BCUT2D eigenvalue weighted by Gasteiger charge is -2.41. The fraction of sp³-hybridized carbons (Fsp3) is 0.955. The molecule has 6 N–H and O–H groups in total. The van der Waals surface area contributed by atoms with Crippen molar-refractivity contribution in [2.75, 3.05) is 13.2 Å². The smallest absolute Gasteiger partial charge is 0.462 e. The summed E-state index contributed by atoms with van der Waals surface area (Å²) >= 11 is 0. The van der Waals surface area contributed by atoms with Crippen molar-refractivity contribution >= 4 is 19.8 Å². The largest absolute Gasteiger partial charge is 0.472 e. The Morgan fingerprint density at radius 1 is 0.466 bits per heavy atom. The number of carbonyl (C=O) groups excluding carboxylic acids is 2. The first-order chi connectivity index (χ1) is 27.9. The van der Waals surface area contributed by atoms with E-state index in [0.29, 0.717) is 12.8 Å². The van der Waals surface area contributed by atoms with E-state index in [-0.39, 0.29) is 12.8 Å². The fourth-order valence-corrected chi connectivity index (χ4v) is 8.38. The van der Waals surface area contributed by atoms with Gasteiger partial charge in [0, 0.05) is 12.8 Å². The molecule has 6 unspecified atom stereocenters. The Morgan fingerprint density at radius 3 is 1.14 bits per heavy atom. The number of aliphatic hydroxyl groups is 5. The molecule has 0 heterocycles. The van der Waals surface area contributed by atoms with Gasteiger partial charge in [0.15, 0.2) is 6.10 Å². The Kier molecular flexibility index (Phi) is 33.5. The Balaban J connectivity index is 2.44. The van der Waals surface area contributed by atoms with Crippen molar-refractivity contribution in [2.24, 2.45) is 0 Å². The molecule has 1 aliphatic rings. The lowest BCUT2D eigenvalue weighted by Crippen LogP contribution is -2.64. The van der Waals surface area contributed by atoms with Gasteiger partial charge in [0.25, 0.3) is 0 Å². The summed E-state index contributed by atoms with van der Waals surface area (Å²) < 4.78 is 33.5. The van der Waals surface area contributed by atoms with Gasteiger partial charge in [-0.15, -0.1) is 0 Å². The molecule has 8 atom stereocenters. The van der Waals surface area contributed by atoms with E-state index in [1.807, 2.05) is 0 Å². The summed E-state index contributed by atoms with van der Waals surface area (Å²) in [5.41, 5.74) is 0. The summed E-state index contributed by atoms with van der Waals surface area (Å²) in [6.45, 7) is 3.32. The highest BCUT2D eigenvalue weighted by molar-refractivity contribution is 7.47. The summed E-state index contributed by atoms with van der Waals surface area (Å²) in [4.78, 5) is 35.7. The predicted molar refractivity (Wildman–Crippen MR) is 226 cm³/mol. The zero-order chi connectivity index (χ0) is 42.9. The van der Waals surface area contributed by atoms with Crippen molar-refractivity contribution in [3.05, 3.63) is 0 Å². The van der Waals surface area contributed by atoms with Gasteiger partial charge < -0.3 is 39.9 Å². The van der Waals surface area contributed by atoms with E-state index in [9.17, 15) is 44.6 Å². The van der Waals surface area contributed by atoms with Crippen LogP contribution in [0.4, 0.5) is 0 Å². The van der Waals surface area contributed by atoms with Crippen LogP contribution in [0.25, 0.3) is 0 Å². The van der Waals surface area contributed by atoms with E-state index in [4.69, 9.17) is 18.5 Å². The van der Waals surface area contributed by atoms with Gasteiger partial charge in [-0.3, -0.25) is 18.6 Å². The minimum Gasteiger partial charge on any atom is -0.462 e. The van der Waals surface area contributed by atoms with E-state index in [0.717, 1.165) is 38.5 Å². The topological polar surface area (TPSA) is 210 Å². The van der Waals surface area contributed by atoms with E-state index in [1.54, 1.807) is 0 Å². The zero-order valence-corrected chi connectivity index (χ0v) is 37.3. The third kappa shape index (κ3) is 27.6. The van der Waals surface area contributed by atoms with E-state index in [1.165, 1.54) is 135 Å². The van der Waals surface area contributed by atoms with Gasteiger partial charge >= 0.3 is 19.8 Å². The van der Waals surface area contributed by atoms with E-state index >= 15 is 0 Å². The molecular weight excluding hydrogens is 767 g/mol. The summed E-state index contributed by atoms with van der Waals surface area (Å²) in [6.07, 6.45) is 21.5. The summed E-state index contributed by atoms with van der Waals surface area (Å²) in [5.74, 6) is -1.08. The molecule has 0 spiro atoms. The minimum absolute atomic E-state index is 0.105. The highest BCUT2D eigenvalue weighted by Gasteiger charge is 2.51. The first-order valence-corrected chi connectivity index (χ1v) is 24.8. The number of ether oxygens (including phenoxy) is 2. The Morgan fingerprint density at radius 2 is 0.776 bits per heavy atom. The lowest BCUT2D eigenvalue weighted by molar-refractivity contribution is -0.220. The molecule has 344 valence electrons. The molecule has 1 saturated carbocycles. The maximum absolute atomic E-state index is 12.8. The second kappa shape index (κ2) is 35.4. The Labute approximate surface area is 351 Å². The maximum atomic E-state index is 12.8. The molecule has 0 aromatic heterocycles. The molecule has 0 bridgehead atoms. The number of unbranched alkanes of at least 4 members (excludes halogenated alkanes) is 27. The molecule has 1 aliphatic carbocycles. The average Bonchev–Trinajstić information content (AvgIpc) is 3.20. The van der Waals surface area contributed by atoms with Crippen LogP contribution in [0, 0.1) is 0 Å². The predicted octanol–water partition coefficient (Wildman–Crippen LogP) is 8.89. The summed E-state index contributed by atoms with van der Waals surface area (Å²) in [5, 5.41) is 50.1. The molecule has 0 saturated heterocycles. The number of carbonyl (C=O) groups is 2. The van der Waals surface area contributed by atoms with Crippen LogP contribution in [-0.4, -0.2) is 98.3 Å². The molecule has 0 amide bonds. The van der Waals surface area contributed by atoms with Crippen LogP contribution in [0.1, 0.15) is 213 Å².